The molecule has 0 spiro atoms. The zero-order chi connectivity index (χ0) is 18.8. The summed E-state index contributed by atoms with van der Waals surface area (Å²) in [5, 5.41) is 11.1. The minimum atomic E-state index is -0.0711. The zero-order valence-corrected chi connectivity index (χ0v) is 15.5. The molecule has 2 aromatic carbocycles. The topological polar surface area (TPSA) is 71.3 Å². The Kier molecular flexibility index (Phi) is 4.73. The number of aromatic nitrogens is 2. The van der Waals surface area contributed by atoms with Gasteiger partial charge in [-0.1, -0.05) is 36.4 Å². The van der Waals surface area contributed by atoms with Crippen LogP contribution in [-0.2, 0) is 24.3 Å². The largest absolute Gasteiger partial charge is 0.424 e. The molecule has 0 aliphatic carbocycles. The third kappa shape index (κ3) is 3.90. The van der Waals surface area contributed by atoms with E-state index in [4.69, 9.17) is 4.42 Å². The molecule has 1 atom stereocenters. The number of aryl methyl sites for hydroxylation is 1. The molecule has 1 N–H and O–H groups in total. The lowest BCUT2D eigenvalue weighted by molar-refractivity contribution is -0.114. The average Bonchev–Trinajstić information content (AvgIpc) is 3.07. The van der Waals surface area contributed by atoms with E-state index in [0.717, 1.165) is 30.8 Å². The first kappa shape index (κ1) is 17.4. The Morgan fingerprint density at radius 1 is 1.19 bits per heavy atom. The second kappa shape index (κ2) is 7.32. The van der Waals surface area contributed by atoms with E-state index in [1.165, 1.54) is 18.1 Å². The van der Waals surface area contributed by atoms with Gasteiger partial charge in [-0.15, -0.1) is 10.2 Å². The van der Waals surface area contributed by atoms with Crippen molar-refractivity contribution in [3.05, 3.63) is 77.0 Å². The maximum absolute atomic E-state index is 11.3. The van der Waals surface area contributed by atoms with Crippen LogP contribution in [0.4, 0.5) is 5.69 Å². The van der Waals surface area contributed by atoms with Gasteiger partial charge < -0.3 is 9.73 Å². The number of carbonyl (C=O) groups excluding carboxylic acids is 1. The van der Waals surface area contributed by atoms with Crippen LogP contribution in [0.5, 0.6) is 0 Å². The maximum Gasteiger partial charge on any atom is 0.233 e. The van der Waals surface area contributed by atoms with Crippen LogP contribution in [0.25, 0.3) is 0 Å². The molecule has 0 saturated heterocycles. The standard InChI is InChI=1S/C21H22N4O2/c1-14(26)22-19-9-5-6-16(10-19)12-25-13-18-8-4-3-7-17(18)11-20(25)21-24-23-15(2)27-21/h3-10,20H,11-13H2,1-2H3,(H,22,26). The molecular weight excluding hydrogens is 340 g/mol. The third-order valence-corrected chi connectivity index (χ3v) is 4.81. The van der Waals surface area contributed by atoms with Crippen molar-refractivity contribution in [1.29, 1.82) is 0 Å². The van der Waals surface area contributed by atoms with Gasteiger partial charge in [0.15, 0.2) is 0 Å². The van der Waals surface area contributed by atoms with E-state index < -0.39 is 0 Å². The summed E-state index contributed by atoms with van der Waals surface area (Å²) in [6, 6.07) is 16.5. The van der Waals surface area contributed by atoms with Crippen LogP contribution in [0.15, 0.2) is 52.9 Å². The summed E-state index contributed by atoms with van der Waals surface area (Å²) in [5.41, 5.74) is 4.58. The van der Waals surface area contributed by atoms with E-state index in [1.807, 2.05) is 25.1 Å². The van der Waals surface area contributed by atoms with E-state index in [2.05, 4.69) is 50.7 Å². The molecule has 1 amide bonds. The first-order valence-corrected chi connectivity index (χ1v) is 9.06. The molecule has 3 aromatic rings. The summed E-state index contributed by atoms with van der Waals surface area (Å²) in [7, 11) is 0. The Bertz CT molecular complexity index is 966. The van der Waals surface area contributed by atoms with Crippen molar-refractivity contribution in [2.24, 2.45) is 0 Å². The summed E-state index contributed by atoms with van der Waals surface area (Å²) in [6.07, 6.45) is 0.837. The lowest BCUT2D eigenvalue weighted by Gasteiger charge is -2.35. The van der Waals surface area contributed by atoms with E-state index in [0.29, 0.717) is 11.8 Å². The van der Waals surface area contributed by atoms with Crippen molar-refractivity contribution in [1.82, 2.24) is 15.1 Å². The minimum absolute atomic E-state index is 0.0329. The van der Waals surface area contributed by atoms with E-state index in [1.54, 1.807) is 0 Å². The number of amides is 1. The quantitative estimate of drug-likeness (QED) is 0.767. The normalized spacial score (nSPS) is 16.7. The summed E-state index contributed by atoms with van der Waals surface area (Å²) in [4.78, 5) is 13.7. The smallest absolute Gasteiger partial charge is 0.233 e. The summed E-state index contributed by atoms with van der Waals surface area (Å²) in [5.74, 6) is 1.16. The van der Waals surface area contributed by atoms with Crippen LogP contribution in [-0.4, -0.2) is 21.0 Å². The van der Waals surface area contributed by atoms with Gasteiger partial charge in [0.05, 0.1) is 6.04 Å². The number of nitrogens with one attached hydrogen (secondary N) is 1. The highest BCUT2D eigenvalue weighted by molar-refractivity contribution is 5.88. The van der Waals surface area contributed by atoms with Gasteiger partial charge in [0.1, 0.15) is 0 Å². The van der Waals surface area contributed by atoms with Crippen LogP contribution >= 0.6 is 0 Å². The van der Waals surface area contributed by atoms with Crippen molar-refractivity contribution in [2.45, 2.75) is 39.4 Å². The molecular formula is C21H22N4O2. The highest BCUT2D eigenvalue weighted by Gasteiger charge is 2.31. The second-order valence-electron chi connectivity index (χ2n) is 6.93. The van der Waals surface area contributed by atoms with E-state index >= 15 is 0 Å². The number of nitrogens with zero attached hydrogens (tertiary/aromatic N) is 3. The molecule has 6 nitrogen and oxygen atoms in total. The zero-order valence-electron chi connectivity index (χ0n) is 15.5. The van der Waals surface area contributed by atoms with Gasteiger partial charge in [-0.3, -0.25) is 9.69 Å². The summed E-state index contributed by atoms with van der Waals surface area (Å²) >= 11 is 0. The number of hydrogen-bond donors (Lipinski definition) is 1. The number of fused-ring (bicyclic) bond motifs is 1. The molecule has 27 heavy (non-hydrogen) atoms. The first-order valence-electron chi connectivity index (χ1n) is 9.06. The molecule has 138 valence electrons. The number of benzene rings is 2. The highest BCUT2D eigenvalue weighted by atomic mass is 16.4. The molecule has 0 saturated carbocycles. The Hall–Kier alpha value is -2.99. The van der Waals surface area contributed by atoms with E-state index in [9.17, 15) is 4.79 Å². The van der Waals surface area contributed by atoms with Gasteiger partial charge in [-0.2, -0.15) is 0 Å². The minimum Gasteiger partial charge on any atom is -0.424 e. The molecule has 0 radical (unpaired) electrons. The van der Waals surface area contributed by atoms with Crippen molar-refractivity contribution in [3.8, 4) is 0 Å². The molecule has 0 bridgehead atoms. The Morgan fingerprint density at radius 2 is 2.00 bits per heavy atom. The van der Waals surface area contributed by atoms with Crippen molar-refractivity contribution in [2.75, 3.05) is 5.32 Å². The fourth-order valence-electron chi connectivity index (χ4n) is 3.62. The van der Waals surface area contributed by atoms with Crippen LogP contribution in [0.3, 0.4) is 0 Å². The predicted octanol–water partition coefficient (Wildman–Crippen LogP) is 3.64. The van der Waals surface area contributed by atoms with Gasteiger partial charge in [-0.25, -0.2) is 0 Å². The van der Waals surface area contributed by atoms with Crippen LogP contribution in [0.1, 0.15) is 41.4 Å². The second-order valence-corrected chi connectivity index (χ2v) is 6.93. The SMILES string of the molecule is CC(=O)Nc1cccc(CN2Cc3ccccc3CC2c2nnc(C)o2)c1. The van der Waals surface area contributed by atoms with Gasteiger partial charge in [0, 0.05) is 32.6 Å². The van der Waals surface area contributed by atoms with Crippen molar-refractivity contribution in [3.63, 3.8) is 0 Å². The van der Waals surface area contributed by atoms with Crippen LogP contribution in [0.2, 0.25) is 0 Å². The van der Waals surface area contributed by atoms with Gasteiger partial charge in [0.25, 0.3) is 0 Å². The molecule has 1 aromatic heterocycles. The summed E-state index contributed by atoms with van der Waals surface area (Å²) < 4.78 is 5.76. The van der Waals surface area contributed by atoms with Crippen molar-refractivity contribution < 1.29 is 9.21 Å². The maximum atomic E-state index is 11.3. The molecule has 4 rings (SSSR count). The molecule has 6 heteroatoms. The molecule has 1 aliphatic heterocycles. The number of anilines is 1. The van der Waals surface area contributed by atoms with Gasteiger partial charge in [0.2, 0.25) is 17.7 Å². The van der Waals surface area contributed by atoms with Gasteiger partial charge >= 0.3 is 0 Å². The first-order chi connectivity index (χ1) is 13.1. The number of carbonyl (C=O) groups is 1. The fourth-order valence-corrected chi connectivity index (χ4v) is 3.62. The van der Waals surface area contributed by atoms with Gasteiger partial charge in [-0.05, 0) is 35.2 Å². The Morgan fingerprint density at radius 3 is 2.74 bits per heavy atom. The Balaban J connectivity index is 1.63. The van der Waals surface area contributed by atoms with Crippen LogP contribution < -0.4 is 5.32 Å². The Labute approximate surface area is 158 Å². The predicted molar refractivity (Wildman–Crippen MR) is 102 cm³/mol. The number of rotatable bonds is 4. The molecule has 1 unspecified atom stereocenters. The van der Waals surface area contributed by atoms with E-state index in [-0.39, 0.29) is 11.9 Å². The summed E-state index contributed by atoms with van der Waals surface area (Å²) in [6.45, 7) is 4.87. The lowest BCUT2D eigenvalue weighted by Crippen LogP contribution is -2.34. The number of hydrogen-bond acceptors (Lipinski definition) is 5. The third-order valence-electron chi connectivity index (χ3n) is 4.81. The highest BCUT2D eigenvalue weighted by Crippen LogP contribution is 2.34. The average molecular weight is 362 g/mol. The fraction of sp³-hybridized carbons (Fsp3) is 0.286. The molecule has 2 heterocycles. The molecule has 1 aliphatic rings. The van der Waals surface area contributed by atoms with Crippen molar-refractivity contribution >= 4 is 11.6 Å². The molecule has 0 fully saturated rings. The van der Waals surface area contributed by atoms with Crippen LogP contribution in [0, 0.1) is 6.92 Å². The lowest BCUT2D eigenvalue weighted by atomic mass is 9.93. The monoisotopic (exact) mass is 362 g/mol.